The first-order chi connectivity index (χ1) is 7.16. The first-order valence-electron chi connectivity index (χ1n) is 5.11. The van der Waals surface area contributed by atoms with Crippen molar-refractivity contribution in [1.82, 2.24) is 15.2 Å². The quantitative estimate of drug-likeness (QED) is 0.786. The van der Waals surface area contributed by atoms with Crippen molar-refractivity contribution in [3.8, 4) is 0 Å². The fourth-order valence-corrected chi connectivity index (χ4v) is 1.68. The number of carboxylic acid groups (broad SMARTS) is 1. The van der Waals surface area contributed by atoms with Crippen LogP contribution in [0.4, 0.5) is 0 Å². The second kappa shape index (κ2) is 3.92. The number of nitrogens with zero attached hydrogens (tertiary/aromatic N) is 3. The molecule has 2 rings (SSSR count). The van der Waals surface area contributed by atoms with E-state index >= 15 is 0 Å². The van der Waals surface area contributed by atoms with Gasteiger partial charge in [-0.1, -0.05) is 6.92 Å². The van der Waals surface area contributed by atoms with Crippen molar-refractivity contribution in [2.75, 3.05) is 0 Å². The summed E-state index contributed by atoms with van der Waals surface area (Å²) in [6, 6.07) is 0. The van der Waals surface area contributed by atoms with Gasteiger partial charge in [0.1, 0.15) is 0 Å². The molecule has 80 valence electrons. The van der Waals surface area contributed by atoms with Crippen molar-refractivity contribution in [3.05, 3.63) is 17.2 Å². The van der Waals surface area contributed by atoms with Gasteiger partial charge in [-0.2, -0.15) is 5.10 Å². The summed E-state index contributed by atoms with van der Waals surface area (Å²) in [6.07, 6.45) is 3.33. The Morgan fingerprint density at radius 1 is 1.40 bits per heavy atom. The van der Waals surface area contributed by atoms with Crippen LogP contribution in [0.1, 0.15) is 30.6 Å². The Bertz CT molecular complexity index is 392. The van der Waals surface area contributed by atoms with E-state index in [-0.39, 0.29) is 0 Å². The van der Waals surface area contributed by atoms with E-state index in [9.17, 15) is 4.79 Å². The molecule has 1 aliphatic carbocycles. The number of hydrogen-bond acceptors (Lipinski definition) is 4. The van der Waals surface area contributed by atoms with Gasteiger partial charge < -0.3 is 5.11 Å². The number of hydrogen-bond donors (Lipinski definition) is 1. The van der Waals surface area contributed by atoms with E-state index in [1.54, 1.807) is 6.92 Å². The van der Waals surface area contributed by atoms with Crippen LogP contribution in [0.2, 0.25) is 0 Å². The zero-order valence-electron chi connectivity index (χ0n) is 8.60. The van der Waals surface area contributed by atoms with Crippen LogP contribution in [0, 0.1) is 5.92 Å². The minimum absolute atomic E-state index is 0.357. The van der Waals surface area contributed by atoms with Gasteiger partial charge in [-0.3, -0.25) is 4.79 Å². The third-order valence-electron chi connectivity index (χ3n) is 2.62. The highest BCUT2D eigenvalue weighted by atomic mass is 16.4. The number of aryl methyl sites for hydroxylation is 2. The summed E-state index contributed by atoms with van der Waals surface area (Å²) < 4.78 is 0. The molecule has 0 amide bonds. The highest BCUT2D eigenvalue weighted by Gasteiger charge is 2.18. The molecule has 1 aliphatic rings. The van der Waals surface area contributed by atoms with Crippen LogP contribution in [0.15, 0.2) is 0 Å². The van der Waals surface area contributed by atoms with Gasteiger partial charge in [0, 0.05) is 6.42 Å². The highest BCUT2D eigenvalue weighted by molar-refractivity contribution is 5.69. The molecule has 0 fully saturated rings. The van der Waals surface area contributed by atoms with Crippen molar-refractivity contribution in [2.45, 2.75) is 32.6 Å². The van der Waals surface area contributed by atoms with E-state index in [4.69, 9.17) is 5.11 Å². The van der Waals surface area contributed by atoms with Crippen molar-refractivity contribution < 1.29 is 9.90 Å². The maximum Gasteiger partial charge on any atom is 0.306 e. The van der Waals surface area contributed by atoms with Crippen LogP contribution >= 0.6 is 0 Å². The number of rotatable bonds is 3. The van der Waals surface area contributed by atoms with E-state index < -0.39 is 11.9 Å². The second-order valence-electron chi connectivity index (χ2n) is 3.92. The molecule has 1 N–H and O–H groups in total. The van der Waals surface area contributed by atoms with Gasteiger partial charge >= 0.3 is 5.97 Å². The van der Waals surface area contributed by atoms with Gasteiger partial charge in [-0.25, -0.2) is 4.98 Å². The minimum atomic E-state index is -0.820. The Labute approximate surface area is 87.6 Å². The molecule has 15 heavy (non-hydrogen) atoms. The molecule has 1 unspecified atom stereocenters. The summed E-state index contributed by atoms with van der Waals surface area (Å²) >= 11 is 0. The van der Waals surface area contributed by atoms with Gasteiger partial charge in [0.15, 0.2) is 5.82 Å². The molecular weight excluding hydrogens is 194 g/mol. The molecular formula is C10H13N3O2. The molecule has 1 atom stereocenters. The summed E-state index contributed by atoms with van der Waals surface area (Å²) in [7, 11) is 0. The fraction of sp³-hybridized carbons (Fsp3) is 0.600. The first kappa shape index (κ1) is 10.0. The average Bonchev–Trinajstić information content (AvgIpc) is 2.64. The minimum Gasteiger partial charge on any atom is -0.481 e. The molecule has 1 aromatic heterocycles. The molecule has 1 aromatic rings. The molecule has 0 radical (unpaired) electrons. The van der Waals surface area contributed by atoms with Crippen LogP contribution in [-0.4, -0.2) is 26.3 Å². The van der Waals surface area contributed by atoms with Gasteiger partial charge in [-0.15, -0.1) is 5.10 Å². The van der Waals surface area contributed by atoms with Crippen LogP contribution in [0.5, 0.6) is 0 Å². The zero-order chi connectivity index (χ0) is 10.8. The number of aromatic nitrogens is 3. The predicted octanol–water partition coefficient (Wildman–Crippen LogP) is 0.623. The summed E-state index contributed by atoms with van der Waals surface area (Å²) in [4.78, 5) is 15.0. The van der Waals surface area contributed by atoms with Crippen molar-refractivity contribution in [2.24, 2.45) is 5.92 Å². The maximum absolute atomic E-state index is 10.7. The standard InChI is InChI=1S/C10H13N3O2/c1-6(10(14)15)5-9-11-7-3-2-4-8(7)12-13-9/h6H,2-5H2,1H3,(H,14,15). The fourth-order valence-electron chi connectivity index (χ4n) is 1.68. The predicted molar refractivity (Wildman–Crippen MR) is 52.4 cm³/mol. The van der Waals surface area contributed by atoms with E-state index in [0.29, 0.717) is 12.2 Å². The van der Waals surface area contributed by atoms with E-state index in [1.165, 1.54) is 0 Å². The largest absolute Gasteiger partial charge is 0.481 e. The Hall–Kier alpha value is -1.52. The van der Waals surface area contributed by atoms with Gasteiger partial charge in [0.05, 0.1) is 17.3 Å². The molecule has 5 nitrogen and oxygen atoms in total. The Morgan fingerprint density at radius 3 is 2.87 bits per heavy atom. The average molecular weight is 207 g/mol. The van der Waals surface area contributed by atoms with Crippen molar-refractivity contribution in [3.63, 3.8) is 0 Å². The number of fused-ring (bicyclic) bond motifs is 1. The first-order valence-corrected chi connectivity index (χ1v) is 5.11. The molecule has 0 saturated carbocycles. The molecule has 0 saturated heterocycles. The lowest BCUT2D eigenvalue weighted by atomic mass is 10.1. The Morgan fingerprint density at radius 2 is 2.13 bits per heavy atom. The van der Waals surface area contributed by atoms with Gasteiger partial charge in [0.2, 0.25) is 0 Å². The Balaban J connectivity index is 2.13. The van der Waals surface area contributed by atoms with E-state index in [2.05, 4.69) is 15.2 Å². The van der Waals surface area contributed by atoms with Gasteiger partial charge in [-0.05, 0) is 19.3 Å². The van der Waals surface area contributed by atoms with Crippen LogP contribution in [0.3, 0.4) is 0 Å². The lowest BCUT2D eigenvalue weighted by Gasteiger charge is -2.05. The topological polar surface area (TPSA) is 76.0 Å². The molecule has 0 aliphatic heterocycles. The molecule has 1 heterocycles. The summed E-state index contributed by atoms with van der Waals surface area (Å²) in [5.41, 5.74) is 1.97. The number of carboxylic acids is 1. The summed E-state index contributed by atoms with van der Waals surface area (Å²) in [6.45, 7) is 1.65. The van der Waals surface area contributed by atoms with Crippen LogP contribution in [0.25, 0.3) is 0 Å². The molecule has 0 bridgehead atoms. The normalized spacial score (nSPS) is 16.1. The second-order valence-corrected chi connectivity index (χ2v) is 3.92. The highest BCUT2D eigenvalue weighted by Crippen LogP contribution is 2.17. The van der Waals surface area contributed by atoms with Crippen LogP contribution < -0.4 is 0 Å². The van der Waals surface area contributed by atoms with Gasteiger partial charge in [0.25, 0.3) is 0 Å². The van der Waals surface area contributed by atoms with Crippen molar-refractivity contribution in [1.29, 1.82) is 0 Å². The lowest BCUT2D eigenvalue weighted by Crippen LogP contribution is -2.15. The zero-order valence-corrected chi connectivity index (χ0v) is 8.60. The molecule has 0 spiro atoms. The summed E-state index contributed by atoms with van der Waals surface area (Å²) in [5.74, 6) is -0.726. The van der Waals surface area contributed by atoms with Crippen molar-refractivity contribution >= 4 is 5.97 Å². The molecule has 5 heteroatoms. The van der Waals surface area contributed by atoms with E-state index in [1.807, 2.05) is 0 Å². The monoisotopic (exact) mass is 207 g/mol. The third kappa shape index (κ3) is 2.11. The maximum atomic E-state index is 10.7. The third-order valence-corrected chi connectivity index (χ3v) is 2.62. The van der Waals surface area contributed by atoms with E-state index in [0.717, 1.165) is 30.7 Å². The number of carbonyl (C=O) groups is 1. The SMILES string of the molecule is CC(Cc1nnc2c(n1)CCC2)C(=O)O. The number of aliphatic carboxylic acids is 1. The lowest BCUT2D eigenvalue weighted by molar-refractivity contribution is -0.141. The Kier molecular flexibility index (Phi) is 2.62. The smallest absolute Gasteiger partial charge is 0.306 e. The molecule has 0 aromatic carbocycles. The van der Waals surface area contributed by atoms with Crippen LogP contribution in [-0.2, 0) is 24.1 Å². The summed E-state index contributed by atoms with van der Waals surface area (Å²) in [5, 5.41) is 16.8.